The first-order valence-electron chi connectivity index (χ1n) is 11.5. The third kappa shape index (κ3) is 8.92. The smallest absolute Gasteiger partial charge is 0.163 e. The molecule has 0 aliphatic heterocycles. The highest BCUT2D eigenvalue weighted by molar-refractivity contribution is 6.10. The Balaban J connectivity index is 0.000000402. The molecule has 8 heteroatoms. The molecule has 0 atom stereocenters. The molecule has 0 amide bonds. The second-order valence-corrected chi connectivity index (χ2v) is 8.20. The minimum absolute atomic E-state index is 0.00662. The highest BCUT2D eigenvalue weighted by atomic mass is 16.5. The Morgan fingerprint density at radius 2 is 1.05 bits per heavy atom. The summed E-state index contributed by atoms with van der Waals surface area (Å²) in [4.78, 5) is 32.5. The van der Waals surface area contributed by atoms with Gasteiger partial charge in [-0.3, -0.25) is 19.6 Å². The van der Waals surface area contributed by atoms with Crippen molar-refractivity contribution < 1.29 is 29.3 Å². The van der Waals surface area contributed by atoms with E-state index < -0.39 is 0 Å². The molecule has 37 heavy (non-hydrogen) atoms. The summed E-state index contributed by atoms with van der Waals surface area (Å²) in [5.41, 5.74) is 5.45. The zero-order valence-corrected chi connectivity index (χ0v) is 21.9. The third-order valence-corrected chi connectivity index (χ3v) is 5.40. The molecule has 1 heterocycles. The molecule has 3 aromatic rings. The standard InChI is InChI=1S/C21H20O6.C8H12N2/c1-26-20-11-14(5-9-18(20)24)3-7-16(22)13-17(23)8-4-15-6-10-19(25)21(12-15)27-2;1-5-6(2)10-8(4)7(3)9-5/h3-12,24-25H,13H2,1-2H3;1-4H3/b7-3+,8-4+;. The summed E-state index contributed by atoms with van der Waals surface area (Å²) >= 11 is 0. The molecule has 0 saturated heterocycles. The topological polar surface area (TPSA) is 119 Å². The van der Waals surface area contributed by atoms with Crippen LogP contribution in [0.1, 0.15) is 40.3 Å². The van der Waals surface area contributed by atoms with E-state index in [1.807, 2.05) is 27.7 Å². The number of benzene rings is 2. The number of carbonyl (C=O) groups is 2. The number of carbonyl (C=O) groups excluding carboxylic acids is 2. The summed E-state index contributed by atoms with van der Waals surface area (Å²) in [7, 11) is 2.87. The van der Waals surface area contributed by atoms with Crippen LogP contribution in [0.2, 0.25) is 0 Å². The summed E-state index contributed by atoms with van der Waals surface area (Å²) in [6, 6.07) is 9.34. The van der Waals surface area contributed by atoms with Gasteiger partial charge in [0.1, 0.15) is 0 Å². The zero-order valence-electron chi connectivity index (χ0n) is 21.9. The summed E-state index contributed by atoms with van der Waals surface area (Å²) in [5.74, 6) is -0.0832. The Morgan fingerprint density at radius 1 is 0.703 bits per heavy atom. The van der Waals surface area contributed by atoms with Crippen LogP contribution in [0.3, 0.4) is 0 Å². The molecule has 2 N–H and O–H groups in total. The molecule has 0 spiro atoms. The average Bonchev–Trinajstić information content (AvgIpc) is 2.87. The first-order valence-corrected chi connectivity index (χ1v) is 11.5. The van der Waals surface area contributed by atoms with E-state index in [9.17, 15) is 19.8 Å². The molecule has 0 saturated carbocycles. The number of phenols is 2. The largest absolute Gasteiger partial charge is 0.504 e. The lowest BCUT2D eigenvalue weighted by Crippen LogP contribution is -2.01. The van der Waals surface area contributed by atoms with Crippen molar-refractivity contribution in [2.24, 2.45) is 0 Å². The fourth-order valence-electron chi connectivity index (χ4n) is 3.09. The van der Waals surface area contributed by atoms with E-state index in [4.69, 9.17) is 9.47 Å². The van der Waals surface area contributed by atoms with Crippen LogP contribution in [-0.2, 0) is 9.59 Å². The molecular formula is C29H32N2O6. The number of aromatic nitrogens is 2. The summed E-state index contributed by atoms with van der Waals surface area (Å²) in [6.07, 6.45) is 5.44. The van der Waals surface area contributed by atoms with Crippen LogP contribution in [0, 0.1) is 27.7 Å². The lowest BCUT2D eigenvalue weighted by Gasteiger charge is -2.03. The van der Waals surface area contributed by atoms with Crippen LogP contribution in [0.15, 0.2) is 48.6 Å². The molecule has 0 bridgehead atoms. The van der Waals surface area contributed by atoms with Gasteiger partial charge in [0, 0.05) is 0 Å². The van der Waals surface area contributed by atoms with Crippen LogP contribution < -0.4 is 9.47 Å². The molecule has 3 rings (SSSR count). The van der Waals surface area contributed by atoms with Gasteiger partial charge < -0.3 is 19.7 Å². The van der Waals surface area contributed by atoms with E-state index in [0.717, 1.165) is 22.8 Å². The van der Waals surface area contributed by atoms with Crippen LogP contribution in [0.25, 0.3) is 12.2 Å². The van der Waals surface area contributed by atoms with E-state index in [0.29, 0.717) is 22.6 Å². The molecule has 0 unspecified atom stereocenters. The number of nitrogens with zero attached hydrogens (tertiary/aromatic N) is 2. The van der Waals surface area contributed by atoms with Crippen LogP contribution >= 0.6 is 0 Å². The van der Waals surface area contributed by atoms with Gasteiger partial charge in [0.25, 0.3) is 0 Å². The van der Waals surface area contributed by atoms with Crippen LogP contribution in [0.4, 0.5) is 0 Å². The fourth-order valence-corrected chi connectivity index (χ4v) is 3.09. The first kappa shape index (κ1) is 28.8. The Hall–Kier alpha value is -4.46. The molecule has 0 aliphatic rings. The number of allylic oxidation sites excluding steroid dienone is 2. The van der Waals surface area contributed by atoms with Crippen molar-refractivity contribution in [3.63, 3.8) is 0 Å². The molecule has 1 aromatic heterocycles. The molecular weight excluding hydrogens is 472 g/mol. The van der Waals surface area contributed by atoms with Gasteiger partial charge >= 0.3 is 0 Å². The number of ketones is 2. The zero-order chi connectivity index (χ0) is 27.5. The van der Waals surface area contributed by atoms with Crippen molar-refractivity contribution in [2.45, 2.75) is 34.1 Å². The number of aryl methyl sites for hydroxylation is 4. The molecule has 0 radical (unpaired) electrons. The van der Waals surface area contributed by atoms with Gasteiger partial charge in [0.05, 0.1) is 43.4 Å². The van der Waals surface area contributed by atoms with Crippen molar-refractivity contribution in [1.82, 2.24) is 9.97 Å². The minimum atomic E-state index is -0.347. The minimum Gasteiger partial charge on any atom is -0.504 e. The van der Waals surface area contributed by atoms with Crippen molar-refractivity contribution in [2.75, 3.05) is 14.2 Å². The van der Waals surface area contributed by atoms with Gasteiger partial charge in [-0.1, -0.05) is 24.3 Å². The van der Waals surface area contributed by atoms with Crippen molar-refractivity contribution in [1.29, 1.82) is 0 Å². The maximum atomic E-state index is 11.9. The van der Waals surface area contributed by atoms with Crippen molar-refractivity contribution in [3.8, 4) is 23.0 Å². The van der Waals surface area contributed by atoms with E-state index >= 15 is 0 Å². The number of ether oxygens (including phenoxy) is 2. The summed E-state index contributed by atoms with van der Waals surface area (Å²) < 4.78 is 10.00. The fraction of sp³-hybridized carbons (Fsp3) is 0.241. The van der Waals surface area contributed by atoms with E-state index in [-0.39, 0.29) is 29.5 Å². The summed E-state index contributed by atoms with van der Waals surface area (Å²) in [5, 5.41) is 19.1. The number of methoxy groups -OCH3 is 2. The van der Waals surface area contributed by atoms with Gasteiger partial charge in [0.15, 0.2) is 34.6 Å². The Morgan fingerprint density at radius 3 is 1.38 bits per heavy atom. The highest BCUT2D eigenvalue weighted by Crippen LogP contribution is 2.27. The monoisotopic (exact) mass is 504 g/mol. The third-order valence-electron chi connectivity index (χ3n) is 5.40. The Labute approximate surface area is 216 Å². The predicted molar refractivity (Wildman–Crippen MR) is 143 cm³/mol. The maximum Gasteiger partial charge on any atom is 0.163 e. The normalized spacial score (nSPS) is 10.8. The quantitative estimate of drug-likeness (QED) is 0.322. The van der Waals surface area contributed by atoms with Crippen LogP contribution in [-0.4, -0.2) is 46.0 Å². The molecule has 2 aromatic carbocycles. The molecule has 0 fully saturated rings. The number of aromatic hydroxyl groups is 2. The Kier molecular flexibility index (Phi) is 10.6. The van der Waals surface area contributed by atoms with Crippen molar-refractivity contribution >= 4 is 23.7 Å². The average molecular weight is 505 g/mol. The maximum absolute atomic E-state index is 11.9. The van der Waals surface area contributed by atoms with E-state index in [1.54, 1.807) is 36.4 Å². The number of hydrogen-bond donors (Lipinski definition) is 2. The lowest BCUT2D eigenvalue weighted by molar-refractivity contribution is -0.121. The lowest BCUT2D eigenvalue weighted by atomic mass is 10.1. The molecule has 194 valence electrons. The van der Waals surface area contributed by atoms with Gasteiger partial charge in [-0.25, -0.2) is 0 Å². The SMILES string of the molecule is COc1cc(/C=C/C(=O)CC(=O)/C=C/c2ccc(O)c(OC)c2)ccc1O.Cc1nc(C)c(C)nc1C. The number of rotatable bonds is 8. The van der Waals surface area contributed by atoms with Gasteiger partial charge in [0.2, 0.25) is 0 Å². The second-order valence-electron chi connectivity index (χ2n) is 8.20. The Bertz CT molecular complexity index is 1200. The van der Waals surface area contributed by atoms with E-state index in [2.05, 4.69) is 9.97 Å². The van der Waals surface area contributed by atoms with Crippen molar-refractivity contribution in [3.05, 3.63) is 82.5 Å². The highest BCUT2D eigenvalue weighted by Gasteiger charge is 2.06. The van der Waals surface area contributed by atoms with Gasteiger partial charge in [-0.2, -0.15) is 0 Å². The number of phenolic OH excluding ortho intramolecular Hbond substituents is 2. The predicted octanol–water partition coefficient (Wildman–Crippen LogP) is 5.08. The van der Waals surface area contributed by atoms with E-state index in [1.165, 1.54) is 38.5 Å². The number of hydrogen-bond acceptors (Lipinski definition) is 8. The first-order chi connectivity index (χ1) is 17.5. The van der Waals surface area contributed by atoms with Gasteiger partial charge in [-0.15, -0.1) is 0 Å². The summed E-state index contributed by atoms with van der Waals surface area (Å²) in [6.45, 7) is 7.92. The van der Waals surface area contributed by atoms with Crippen LogP contribution in [0.5, 0.6) is 23.0 Å². The van der Waals surface area contributed by atoms with Gasteiger partial charge in [-0.05, 0) is 75.2 Å². The molecule has 0 aliphatic carbocycles. The second kappa shape index (κ2) is 13.6. The molecule has 8 nitrogen and oxygen atoms in total.